The van der Waals surface area contributed by atoms with Crippen LogP contribution in [0.3, 0.4) is 0 Å². The number of nitrogens with one attached hydrogen (secondary N) is 1. The van der Waals surface area contributed by atoms with Gasteiger partial charge in [-0.2, -0.15) is 0 Å². The molecule has 5 heteroatoms. The molecule has 118 valence electrons. The summed E-state index contributed by atoms with van der Waals surface area (Å²) in [6.07, 6.45) is 4.09. The molecule has 3 heterocycles. The summed E-state index contributed by atoms with van der Waals surface area (Å²) in [7, 11) is 0. The molecule has 5 nitrogen and oxygen atoms in total. The predicted octanol–water partition coefficient (Wildman–Crippen LogP) is 3.94. The molecule has 2 aromatic carbocycles. The molecule has 0 aliphatic carbocycles. The van der Waals surface area contributed by atoms with Crippen molar-refractivity contribution in [3.05, 3.63) is 66.4 Å². The van der Waals surface area contributed by atoms with Crippen molar-refractivity contribution < 1.29 is 9.15 Å². The Kier molecular flexibility index (Phi) is 2.91. The Morgan fingerprint density at radius 1 is 1.12 bits per heavy atom. The summed E-state index contributed by atoms with van der Waals surface area (Å²) >= 11 is 0. The molecule has 1 unspecified atom stereocenters. The van der Waals surface area contributed by atoms with Gasteiger partial charge < -0.3 is 14.1 Å². The molecule has 0 saturated carbocycles. The number of imidazole rings is 1. The van der Waals surface area contributed by atoms with Gasteiger partial charge in [-0.05, 0) is 36.2 Å². The highest BCUT2D eigenvalue weighted by molar-refractivity contribution is 5.80. The molecule has 0 amide bonds. The third-order valence-corrected chi connectivity index (χ3v) is 4.48. The molecule has 5 rings (SSSR count). The summed E-state index contributed by atoms with van der Waals surface area (Å²) in [4.78, 5) is 12.2. The van der Waals surface area contributed by atoms with E-state index in [1.54, 1.807) is 6.20 Å². The van der Waals surface area contributed by atoms with Gasteiger partial charge in [-0.25, -0.2) is 9.97 Å². The fraction of sp³-hybridized carbons (Fsp3) is 0.158. The molecule has 4 aromatic rings. The van der Waals surface area contributed by atoms with Crippen LogP contribution in [-0.2, 0) is 6.42 Å². The minimum absolute atomic E-state index is 0.237. The maximum Gasteiger partial charge on any atom is 0.181 e. The van der Waals surface area contributed by atoms with E-state index >= 15 is 0 Å². The van der Waals surface area contributed by atoms with Crippen molar-refractivity contribution in [1.29, 1.82) is 0 Å². The van der Waals surface area contributed by atoms with Crippen molar-refractivity contribution in [3.8, 4) is 17.1 Å². The number of aromatic amines is 1. The smallest absolute Gasteiger partial charge is 0.181 e. The Morgan fingerprint density at radius 3 is 3.00 bits per heavy atom. The Morgan fingerprint density at radius 2 is 2.08 bits per heavy atom. The molecule has 0 saturated heterocycles. The van der Waals surface area contributed by atoms with Crippen LogP contribution in [0, 0.1) is 0 Å². The van der Waals surface area contributed by atoms with Crippen LogP contribution in [0.1, 0.15) is 17.3 Å². The van der Waals surface area contributed by atoms with Crippen molar-refractivity contribution >= 4 is 11.0 Å². The average molecular weight is 317 g/mol. The molecular formula is C19H15N3O2. The monoisotopic (exact) mass is 317 g/mol. The molecule has 0 spiro atoms. The van der Waals surface area contributed by atoms with Crippen LogP contribution >= 0.6 is 0 Å². The fourth-order valence-electron chi connectivity index (χ4n) is 3.24. The van der Waals surface area contributed by atoms with Gasteiger partial charge >= 0.3 is 0 Å². The number of hydrogen-bond acceptors (Lipinski definition) is 4. The highest BCUT2D eigenvalue weighted by Gasteiger charge is 2.23. The van der Waals surface area contributed by atoms with Crippen LogP contribution < -0.4 is 4.74 Å². The van der Waals surface area contributed by atoms with Crippen LogP contribution in [0.15, 0.2) is 59.5 Å². The van der Waals surface area contributed by atoms with Crippen LogP contribution in [0.2, 0.25) is 0 Å². The van der Waals surface area contributed by atoms with Gasteiger partial charge in [0.15, 0.2) is 12.2 Å². The summed E-state index contributed by atoms with van der Waals surface area (Å²) in [5.41, 5.74) is 4.17. The second kappa shape index (κ2) is 5.23. The zero-order valence-electron chi connectivity index (χ0n) is 12.9. The maximum atomic E-state index is 5.89. The first-order valence-electron chi connectivity index (χ1n) is 7.96. The molecule has 1 N–H and O–H groups in total. The molecule has 0 bridgehead atoms. The van der Waals surface area contributed by atoms with Crippen LogP contribution in [-0.4, -0.2) is 21.6 Å². The second-order valence-corrected chi connectivity index (χ2v) is 6.04. The number of oxazole rings is 1. The summed E-state index contributed by atoms with van der Waals surface area (Å²) in [6, 6.07) is 14.2. The number of aromatic nitrogens is 3. The van der Waals surface area contributed by atoms with E-state index in [4.69, 9.17) is 14.1 Å². The lowest BCUT2D eigenvalue weighted by Crippen LogP contribution is -2.20. The van der Waals surface area contributed by atoms with Gasteiger partial charge in [0.25, 0.3) is 0 Å². The molecule has 1 atom stereocenters. The standard InChI is InChI=1S/C19H15N3O2/c1-2-4-17-12(3-1)7-14(10-23-17)19-21-15-6-5-13(8-16(15)22-19)18-9-20-11-24-18/h1-6,8-9,11,14H,7,10H2,(H,21,22). The molecule has 0 radical (unpaired) electrons. The highest BCUT2D eigenvalue weighted by Crippen LogP contribution is 2.32. The zero-order chi connectivity index (χ0) is 15.9. The number of H-pyrrole nitrogens is 1. The molecule has 0 fully saturated rings. The van der Waals surface area contributed by atoms with E-state index in [1.807, 2.05) is 36.4 Å². The van der Waals surface area contributed by atoms with E-state index in [9.17, 15) is 0 Å². The quantitative estimate of drug-likeness (QED) is 0.608. The van der Waals surface area contributed by atoms with Crippen molar-refractivity contribution in [2.75, 3.05) is 6.61 Å². The topological polar surface area (TPSA) is 63.9 Å². The molecule has 1 aliphatic heterocycles. The lowest BCUT2D eigenvalue weighted by molar-refractivity contribution is 0.258. The van der Waals surface area contributed by atoms with Gasteiger partial charge in [0.1, 0.15) is 11.6 Å². The third-order valence-electron chi connectivity index (χ3n) is 4.48. The Balaban J connectivity index is 1.50. The Bertz CT molecular complexity index is 1000. The lowest BCUT2D eigenvalue weighted by Gasteiger charge is -2.23. The zero-order valence-corrected chi connectivity index (χ0v) is 12.9. The van der Waals surface area contributed by atoms with Crippen molar-refractivity contribution in [1.82, 2.24) is 15.0 Å². The van der Waals surface area contributed by atoms with Gasteiger partial charge in [-0.3, -0.25) is 0 Å². The van der Waals surface area contributed by atoms with E-state index in [1.165, 1.54) is 12.0 Å². The Labute approximate surface area is 138 Å². The summed E-state index contributed by atoms with van der Waals surface area (Å²) in [5.74, 6) is 2.94. The van der Waals surface area contributed by atoms with Crippen molar-refractivity contribution in [2.45, 2.75) is 12.3 Å². The van der Waals surface area contributed by atoms with Crippen LogP contribution in [0.25, 0.3) is 22.4 Å². The van der Waals surface area contributed by atoms with E-state index < -0.39 is 0 Å². The lowest BCUT2D eigenvalue weighted by atomic mass is 9.96. The minimum atomic E-state index is 0.237. The number of fused-ring (bicyclic) bond motifs is 2. The largest absolute Gasteiger partial charge is 0.493 e. The van der Waals surface area contributed by atoms with Gasteiger partial charge in [0.05, 0.1) is 29.8 Å². The number of hydrogen-bond donors (Lipinski definition) is 1. The maximum absolute atomic E-state index is 5.89. The summed E-state index contributed by atoms with van der Waals surface area (Å²) < 4.78 is 11.3. The highest BCUT2D eigenvalue weighted by atomic mass is 16.5. The molecular weight excluding hydrogens is 302 g/mol. The first-order valence-corrected chi connectivity index (χ1v) is 7.96. The number of nitrogens with zero attached hydrogens (tertiary/aromatic N) is 2. The van der Waals surface area contributed by atoms with Crippen LogP contribution in [0.4, 0.5) is 0 Å². The first-order chi connectivity index (χ1) is 11.9. The molecule has 1 aliphatic rings. The van der Waals surface area contributed by atoms with Gasteiger partial charge in [0.2, 0.25) is 0 Å². The first kappa shape index (κ1) is 13.4. The number of para-hydroxylation sites is 1. The predicted molar refractivity (Wildman–Crippen MR) is 90.0 cm³/mol. The Hall–Kier alpha value is -3.08. The van der Waals surface area contributed by atoms with Crippen LogP contribution in [0.5, 0.6) is 5.75 Å². The van der Waals surface area contributed by atoms with Crippen molar-refractivity contribution in [2.24, 2.45) is 0 Å². The summed E-state index contributed by atoms with van der Waals surface area (Å²) in [5, 5.41) is 0. The average Bonchev–Trinajstić information content (AvgIpc) is 3.30. The van der Waals surface area contributed by atoms with Gasteiger partial charge in [0, 0.05) is 5.56 Å². The third kappa shape index (κ3) is 2.17. The van der Waals surface area contributed by atoms with E-state index in [-0.39, 0.29) is 5.92 Å². The SMILES string of the molecule is c1ccc2c(c1)CC(c1nc3ccc(-c4cnco4)cc3[nH]1)CO2. The van der Waals surface area contributed by atoms with Crippen molar-refractivity contribution in [3.63, 3.8) is 0 Å². The second-order valence-electron chi connectivity index (χ2n) is 6.04. The van der Waals surface area contributed by atoms with E-state index in [2.05, 4.69) is 16.0 Å². The number of ether oxygens (including phenoxy) is 1. The number of rotatable bonds is 2. The van der Waals surface area contributed by atoms with Gasteiger partial charge in [-0.1, -0.05) is 18.2 Å². The molecule has 24 heavy (non-hydrogen) atoms. The van der Waals surface area contributed by atoms with Gasteiger partial charge in [-0.15, -0.1) is 0 Å². The normalized spacial score (nSPS) is 16.8. The summed E-state index contributed by atoms with van der Waals surface area (Å²) in [6.45, 7) is 0.645. The minimum Gasteiger partial charge on any atom is -0.493 e. The number of benzene rings is 2. The van der Waals surface area contributed by atoms with E-state index in [0.717, 1.165) is 40.4 Å². The fourth-order valence-corrected chi connectivity index (χ4v) is 3.24. The van der Waals surface area contributed by atoms with E-state index in [0.29, 0.717) is 6.61 Å². The molecule has 2 aromatic heterocycles.